The monoisotopic (exact) mass is 308 g/mol. The lowest BCUT2D eigenvalue weighted by atomic mass is 10.2. The Morgan fingerprint density at radius 3 is 2.20 bits per heavy atom. The summed E-state index contributed by atoms with van der Waals surface area (Å²) >= 11 is 7.05. The quantitative estimate of drug-likeness (QED) is 0.848. The average Bonchev–Trinajstić information content (AvgIpc) is 2.95. The molecular formula is C14H13ClN2O2S. The molecule has 0 aliphatic heterocycles. The zero-order valence-electron chi connectivity index (χ0n) is 10.7. The second-order valence-corrected chi connectivity index (χ2v) is 5.72. The number of hydrogen-bond donors (Lipinski definition) is 2. The van der Waals surface area contributed by atoms with Crippen LogP contribution in [0.5, 0.6) is 0 Å². The number of rotatable bonds is 4. The first-order valence-electron chi connectivity index (χ1n) is 5.96. The maximum absolute atomic E-state index is 11.8. The lowest BCUT2D eigenvalue weighted by Gasteiger charge is -2.08. The SMILES string of the molecule is CC(Cl)C(=O)Nc1ccc(NC(=O)c2cccs2)cc1. The lowest BCUT2D eigenvalue weighted by Crippen LogP contribution is -2.20. The average molecular weight is 309 g/mol. The van der Waals surface area contributed by atoms with Crippen molar-refractivity contribution in [3.8, 4) is 0 Å². The fourth-order valence-corrected chi connectivity index (χ4v) is 2.15. The fraction of sp³-hybridized carbons (Fsp3) is 0.143. The normalized spacial score (nSPS) is 11.7. The van der Waals surface area contributed by atoms with Crippen LogP contribution in [0.15, 0.2) is 41.8 Å². The summed E-state index contributed by atoms with van der Waals surface area (Å²) in [4.78, 5) is 23.9. The van der Waals surface area contributed by atoms with Gasteiger partial charge in [0.2, 0.25) is 5.91 Å². The maximum atomic E-state index is 11.8. The highest BCUT2D eigenvalue weighted by atomic mass is 35.5. The molecule has 1 aromatic carbocycles. The van der Waals surface area contributed by atoms with E-state index in [-0.39, 0.29) is 11.8 Å². The number of alkyl halides is 1. The smallest absolute Gasteiger partial charge is 0.265 e. The van der Waals surface area contributed by atoms with Crippen LogP contribution in [0.4, 0.5) is 11.4 Å². The molecule has 0 radical (unpaired) electrons. The molecule has 2 aromatic rings. The van der Waals surface area contributed by atoms with Gasteiger partial charge in [-0.15, -0.1) is 22.9 Å². The van der Waals surface area contributed by atoms with Crippen molar-refractivity contribution in [3.05, 3.63) is 46.7 Å². The van der Waals surface area contributed by atoms with E-state index in [2.05, 4.69) is 10.6 Å². The van der Waals surface area contributed by atoms with E-state index in [0.717, 1.165) is 0 Å². The summed E-state index contributed by atoms with van der Waals surface area (Å²) in [6.07, 6.45) is 0. The summed E-state index contributed by atoms with van der Waals surface area (Å²) in [7, 11) is 0. The third-order valence-electron chi connectivity index (χ3n) is 2.52. The van der Waals surface area contributed by atoms with Crippen LogP contribution in [0, 0.1) is 0 Å². The van der Waals surface area contributed by atoms with Crippen molar-refractivity contribution in [1.29, 1.82) is 0 Å². The second kappa shape index (κ2) is 6.54. The van der Waals surface area contributed by atoms with Gasteiger partial charge in [-0.3, -0.25) is 9.59 Å². The molecule has 0 aliphatic carbocycles. The Kier molecular flexibility index (Phi) is 4.76. The molecule has 1 atom stereocenters. The number of carbonyl (C=O) groups excluding carboxylic acids is 2. The summed E-state index contributed by atoms with van der Waals surface area (Å²) in [6.45, 7) is 1.60. The van der Waals surface area contributed by atoms with Gasteiger partial charge in [-0.1, -0.05) is 6.07 Å². The van der Waals surface area contributed by atoms with Crippen LogP contribution in [0.2, 0.25) is 0 Å². The van der Waals surface area contributed by atoms with Gasteiger partial charge in [0, 0.05) is 11.4 Å². The maximum Gasteiger partial charge on any atom is 0.265 e. The van der Waals surface area contributed by atoms with Crippen molar-refractivity contribution in [2.24, 2.45) is 0 Å². The van der Waals surface area contributed by atoms with Crippen molar-refractivity contribution in [1.82, 2.24) is 0 Å². The first kappa shape index (κ1) is 14.6. The molecule has 2 rings (SSSR count). The Balaban J connectivity index is 1.98. The summed E-state index contributed by atoms with van der Waals surface area (Å²) < 4.78 is 0. The van der Waals surface area contributed by atoms with Gasteiger partial charge in [0.15, 0.2) is 0 Å². The molecule has 1 aromatic heterocycles. The van der Waals surface area contributed by atoms with Crippen LogP contribution >= 0.6 is 22.9 Å². The molecule has 104 valence electrons. The molecule has 6 heteroatoms. The molecular weight excluding hydrogens is 296 g/mol. The van der Waals surface area contributed by atoms with E-state index in [1.54, 1.807) is 37.3 Å². The Hall–Kier alpha value is -1.85. The largest absolute Gasteiger partial charge is 0.325 e. The zero-order chi connectivity index (χ0) is 14.5. The number of anilines is 2. The standard InChI is InChI=1S/C14H13ClN2O2S/c1-9(15)13(18)16-10-4-6-11(7-5-10)17-14(19)12-3-2-8-20-12/h2-9H,1H3,(H,16,18)(H,17,19). The number of halogens is 1. The topological polar surface area (TPSA) is 58.2 Å². The molecule has 1 unspecified atom stereocenters. The number of thiophene rings is 1. The Bertz CT molecular complexity index is 594. The lowest BCUT2D eigenvalue weighted by molar-refractivity contribution is -0.115. The summed E-state index contributed by atoms with van der Waals surface area (Å²) in [5, 5.41) is 6.71. The zero-order valence-corrected chi connectivity index (χ0v) is 12.3. The van der Waals surface area contributed by atoms with Crippen molar-refractivity contribution in [2.45, 2.75) is 12.3 Å². The van der Waals surface area contributed by atoms with Crippen molar-refractivity contribution >= 4 is 46.1 Å². The van der Waals surface area contributed by atoms with Crippen LogP contribution in [0.25, 0.3) is 0 Å². The molecule has 0 saturated carbocycles. The molecule has 2 N–H and O–H groups in total. The number of amides is 2. The molecule has 20 heavy (non-hydrogen) atoms. The fourth-order valence-electron chi connectivity index (χ4n) is 1.48. The van der Waals surface area contributed by atoms with Crippen LogP contribution in [0.3, 0.4) is 0 Å². The van der Waals surface area contributed by atoms with E-state index in [1.165, 1.54) is 11.3 Å². The Morgan fingerprint density at radius 2 is 1.70 bits per heavy atom. The number of carbonyl (C=O) groups is 2. The van der Waals surface area contributed by atoms with E-state index in [4.69, 9.17) is 11.6 Å². The number of hydrogen-bond acceptors (Lipinski definition) is 3. The van der Waals surface area contributed by atoms with Gasteiger partial charge >= 0.3 is 0 Å². The molecule has 0 saturated heterocycles. The molecule has 0 fully saturated rings. The van der Waals surface area contributed by atoms with E-state index >= 15 is 0 Å². The van der Waals surface area contributed by atoms with Gasteiger partial charge in [-0.25, -0.2) is 0 Å². The second-order valence-electron chi connectivity index (χ2n) is 4.11. The third-order valence-corrected chi connectivity index (χ3v) is 3.58. The van der Waals surface area contributed by atoms with Gasteiger partial charge in [-0.2, -0.15) is 0 Å². The van der Waals surface area contributed by atoms with E-state index in [9.17, 15) is 9.59 Å². The number of benzene rings is 1. The van der Waals surface area contributed by atoms with Gasteiger partial charge in [0.1, 0.15) is 5.38 Å². The summed E-state index contributed by atoms with van der Waals surface area (Å²) in [6, 6.07) is 10.4. The van der Waals surface area contributed by atoms with Crippen LogP contribution in [0.1, 0.15) is 16.6 Å². The predicted octanol–water partition coefficient (Wildman–Crippen LogP) is 3.57. The van der Waals surface area contributed by atoms with Crippen LogP contribution in [-0.4, -0.2) is 17.2 Å². The summed E-state index contributed by atoms with van der Waals surface area (Å²) in [5.41, 5.74) is 1.30. The molecule has 4 nitrogen and oxygen atoms in total. The third kappa shape index (κ3) is 3.82. The minimum atomic E-state index is -0.590. The molecule has 0 bridgehead atoms. The Morgan fingerprint density at radius 1 is 1.10 bits per heavy atom. The highest BCUT2D eigenvalue weighted by Gasteiger charge is 2.09. The van der Waals surface area contributed by atoms with E-state index in [1.807, 2.05) is 11.4 Å². The molecule has 1 heterocycles. The van der Waals surface area contributed by atoms with Crippen LogP contribution < -0.4 is 10.6 Å². The number of nitrogens with one attached hydrogen (secondary N) is 2. The minimum Gasteiger partial charge on any atom is -0.325 e. The highest BCUT2D eigenvalue weighted by Crippen LogP contribution is 2.16. The van der Waals surface area contributed by atoms with Gasteiger partial charge in [0.25, 0.3) is 5.91 Å². The minimum absolute atomic E-state index is 0.147. The molecule has 2 amide bonds. The predicted molar refractivity (Wildman–Crippen MR) is 82.7 cm³/mol. The van der Waals surface area contributed by atoms with Crippen LogP contribution in [-0.2, 0) is 4.79 Å². The first-order chi connectivity index (χ1) is 9.56. The van der Waals surface area contributed by atoms with Crippen molar-refractivity contribution < 1.29 is 9.59 Å². The first-order valence-corrected chi connectivity index (χ1v) is 7.28. The Labute approximate surface area is 125 Å². The molecule has 0 spiro atoms. The van der Waals surface area contributed by atoms with Gasteiger partial charge < -0.3 is 10.6 Å². The highest BCUT2D eigenvalue weighted by molar-refractivity contribution is 7.12. The van der Waals surface area contributed by atoms with E-state index < -0.39 is 5.38 Å². The van der Waals surface area contributed by atoms with Crippen molar-refractivity contribution in [2.75, 3.05) is 10.6 Å². The van der Waals surface area contributed by atoms with Gasteiger partial charge in [-0.05, 0) is 42.6 Å². The summed E-state index contributed by atoms with van der Waals surface area (Å²) in [5.74, 6) is -0.409. The van der Waals surface area contributed by atoms with Crippen molar-refractivity contribution in [3.63, 3.8) is 0 Å². The molecule has 0 aliphatic rings. The van der Waals surface area contributed by atoms with E-state index in [0.29, 0.717) is 16.3 Å². The van der Waals surface area contributed by atoms with Gasteiger partial charge in [0.05, 0.1) is 4.88 Å².